The van der Waals surface area contributed by atoms with Crippen LogP contribution in [0.25, 0.3) is 11.3 Å². The molecule has 1 unspecified atom stereocenters. The summed E-state index contributed by atoms with van der Waals surface area (Å²) in [5, 5.41) is 3.97. The summed E-state index contributed by atoms with van der Waals surface area (Å²) in [6, 6.07) is 12.8. The van der Waals surface area contributed by atoms with Gasteiger partial charge in [0.25, 0.3) is 5.91 Å². The third-order valence-electron chi connectivity index (χ3n) is 4.49. The fourth-order valence-corrected chi connectivity index (χ4v) is 3.20. The van der Waals surface area contributed by atoms with Crippen LogP contribution in [-0.4, -0.2) is 29.6 Å². The van der Waals surface area contributed by atoms with Gasteiger partial charge in [-0.15, -0.1) is 0 Å². The van der Waals surface area contributed by atoms with Crippen LogP contribution in [-0.2, 0) is 0 Å². The van der Waals surface area contributed by atoms with Gasteiger partial charge in [-0.1, -0.05) is 5.16 Å². The standard InChI is InChI=1S/C19H18N2O4/c1-23-14-8-6-13(7-9-14)18-12-15(20-25-18)19(22)21-10-2-4-16(21)17-5-3-11-24-17/h3,5-9,11-12,16H,2,4,10H2,1H3. The van der Waals surface area contributed by atoms with Gasteiger partial charge in [0.2, 0.25) is 0 Å². The summed E-state index contributed by atoms with van der Waals surface area (Å²) in [6.07, 6.45) is 3.47. The topological polar surface area (TPSA) is 68.7 Å². The SMILES string of the molecule is COc1ccc(-c2cc(C(=O)N3CCCC3c3ccco3)no2)cc1. The predicted octanol–water partition coefficient (Wildman–Crippen LogP) is 3.92. The number of hydrogen-bond acceptors (Lipinski definition) is 5. The number of rotatable bonds is 4. The lowest BCUT2D eigenvalue weighted by Crippen LogP contribution is -2.30. The number of carbonyl (C=O) groups is 1. The van der Waals surface area contributed by atoms with Gasteiger partial charge in [-0.05, 0) is 49.2 Å². The van der Waals surface area contributed by atoms with Crippen LogP contribution in [0.2, 0.25) is 0 Å². The van der Waals surface area contributed by atoms with Crippen molar-refractivity contribution >= 4 is 5.91 Å². The summed E-state index contributed by atoms with van der Waals surface area (Å²) < 4.78 is 16.0. The average molecular weight is 338 g/mol. The van der Waals surface area contributed by atoms with Crippen molar-refractivity contribution in [2.45, 2.75) is 18.9 Å². The highest BCUT2D eigenvalue weighted by atomic mass is 16.5. The highest BCUT2D eigenvalue weighted by Crippen LogP contribution is 2.33. The van der Waals surface area contributed by atoms with Crippen LogP contribution in [0.3, 0.4) is 0 Å². The highest BCUT2D eigenvalue weighted by molar-refractivity contribution is 5.93. The zero-order valence-corrected chi connectivity index (χ0v) is 13.8. The molecule has 0 aliphatic carbocycles. The summed E-state index contributed by atoms with van der Waals surface area (Å²) in [5.74, 6) is 1.99. The maximum absolute atomic E-state index is 12.8. The summed E-state index contributed by atoms with van der Waals surface area (Å²) >= 11 is 0. The van der Waals surface area contributed by atoms with E-state index in [4.69, 9.17) is 13.7 Å². The zero-order chi connectivity index (χ0) is 17.2. The van der Waals surface area contributed by atoms with Crippen molar-refractivity contribution in [3.63, 3.8) is 0 Å². The predicted molar refractivity (Wildman–Crippen MR) is 90.2 cm³/mol. The fraction of sp³-hybridized carbons (Fsp3) is 0.263. The van der Waals surface area contributed by atoms with Crippen LogP contribution in [0.15, 0.2) is 57.7 Å². The fourth-order valence-electron chi connectivity index (χ4n) is 3.20. The Morgan fingerprint density at radius 2 is 2.12 bits per heavy atom. The smallest absolute Gasteiger partial charge is 0.276 e. The van der Waals surface area contributed by atoms with E-state index in [0.717, 1.165) is 29.9 Å². The molecule has 1 atom stereocenters. The largest absolute Gasteiger partial charge is 0.497 e. The van der Waals surface area contributed by atoms with Gasteiger partial charge >= 0.3 is 0 Å². The first-order valence-electron chi connectivity index (χ1n) is 8.22. The molecular weight excluding hydrogens is 320 g/mol. The normalized spacial score (nSPS) is 17.0. The van der Waals surface area contributed by atoms with Crippen LogP contribution >= 0.6 is 0 Å². The minimum absolute atomic E-state index is 0.0383. The number of ether oxygens (including phenoxy) is 1. The minimum atomic E-state index is -0.137. The molecule has 1 aliphatic rings. The van der Waals surface area contributed by atoms with Crippen molar-refractivity contribution in [3.8, 4) is 17.1 Å². The van der Waals surface area contributed by atoms with Crippen molar-refractivity contribution in [1.82, 2.24) is 10.1 Å². The number of benzene rings is 1. The molecule has 1 aromatic carbocycles. The summed E-state index contributed by atoms with van der Waals surface area (Å²) in [6.45, 7) is 0.689. The number of nitrogens with zero attached hydrogens (tertiary/aromatic N) is 2. The van der Waals surface area contributed by atoms with Crippen LogP contribution in [0.5, 0.6) is 5.75 Å². The highest BCUT2D eigenvalue weighted by Gasteiger charge is 2.33. The summed E-state index contributed by atoms with van der Waals surface area (Å²) in [4.78, 5) is 14.6. The average Bonchev–Trinajstić information content (AvgIpc) is 3.42. The van der Waals surface area contributed by atoms with Crippen molar-refractivity contribution in [3.05, 3.63) is 60.2 Å². The van der Waals surface area contributed by atoms with E-state index in [0.29, 0.717) is 18.0 Å². The van der Waals surface area contributed by atoms with Crippen molar-refractivity contribution in [2.24, 2.45) is 0 Å². The number of methoxy groups -OCH3 is 1. The maximum atomic E-state index is 12.8. The Kier molecular flexibility index (Phi) is 4.01. The third kappa shape index (κ3) is 2.91. The van der Waals surface area contributed by atoms with Gasteiger partial charge < -0.3 is 18.6 Å². The summed E-state index contributed by atoms with van der Waals surface area (Å²) in [5.41, 5.74) is 1.15. The molecule has 0 spiro atoms. The Balaban J connectivity index is 1.55. The van der Waals surface area contributed by atoms with Gasteiger partial charge in [-0.3, -0.25) is 4.79 Å². The van der Waals surface area contributed by atoms with E-state index in [1.807, 2.05) is 36.4 Å². The van der Waals surface area contributed by atoms with Crippen LogP contribution in [0.4, 0.5) is 0 Å². The molecule has 1 aliphatic heterocycles. The molecule has 6 nitrogen and oxygen atoms in total. The first kappa shape index (κ1) is 15.5. The van der Waals surface area contributed by atoms with Crippen molar-refractivity contribution in [1.29, 1.82) is 0 Å². The molecule has 25 heavy (non-hydrogen) atoms. The number of hydrogen-bond donors (Lipinski definition) is 0. The van der Waals surface area contributed by atoms with E-state index in [2.05, 4.69) is 5.16 Å². The Morgan fingerprint density at radius 3 is 2.84 bits per heavy atom. The van der Waals surface area contributed by atoms with Crippen LogP contribution in [0.1, 0.15) is 35.1 Å². The van der Waals surface area contributed by atoms with Gasteiger partial charge in [-0.25, -0.2) is 0 Å². The van der Waals surface area contributed by atoms with E-state index in [1.165, 1.54) is 0 Å². The second-order valence-corrected chi connectivity index (χ2v) is 5.98. The molecule has 1 fully saturated rings. The van der Waals surface area contributed by atoms with Gasteiger partial charge in [0.1, 0.15) is 11.5 Å². The first-order valence-corrected chi connectivity index (χ1v) is 8.22. The Hall–Kier alpha value is -3.02. The number of furan rings is 1. The molecule has 0 bridgehead atoms. The number of aromatic nitrogens is 1. The second-order valence-electron chi connectivity index (χ2n) is 5.98. The molecule has 0 radical (unpaired) electrons. The van der Waals surface area contributed by atoms with E-state index in [9.17, 15) is 4.79 Å². The minimum Gasteiger partial charge on any atom is -0.497 e. The lowest BCUT2D eigenvalue weighted by Gasteiger charge is -2.21. The van der Waals surface area contributed by atoms with Gasteiger partial charge in [0.05, 0.1) is 19.4 Å². The van der Waals surface area contributed by atoms with E-state index < -0.39 is 0 Å². The number of amides is 1. The third-order valence-corrected chi connectivity index (χ3v) is 4.49. The molecule has 1 saturated heterocycles. The van der Waals surface area contributed by atoms with Gasteiger partial charge in [0, 0.05) is 18.2 Å². The molecule has 2 aromatic heterocycles. The van der Waals surface area contributed by atoms with Gasteiger partial charge in [0.15, 0.2) is 11.5 Å². The van der Waals surface area contributed by atoms with Crippen LogP contribution < -0.4 is 4.74 Å². The molecule has 3 heterocycles. The van der Waals surface area contributed by atoms with Crippen LogP contribution in [0, 0.1) is 0 Å². The monoisotopic (exact) mass is 338 g/mol. The van der Waals surface area contributed by atoms with E-state index >= 15 is 0 Å². The van der Waals surface area contributed by atoms with E-state index in [1.54, 1.807) is 24.3 Å². The molecular formula is C19H18N2O4. The Bertz CT molecular complexity index is 852. The van der Waals surface area contributed by atoms with Crippen molar-refractivity contribution < 1.29 is 18.5 Å². The van der Waals surface area contributed by atoms with Crippen molar-refractivity contribution in [2.75, 3.05) is 13.7 Å². The lowest BCUT2D eigenvalue weighted by atomic mass is 10.1. The molecule has 128 valence electrons. The lowest BCUT2D eigenvalue weighted by molar-refractivity contribution is 0.0709. The van der Waals surface area contributed by atoms with E-state index in [-0.39, 0.29) is 11.9 Å². The Morgan fingerprint density at radius 1 is 1.28 bits per heavy atom. The summed E-state index contributed by atoms with van der Waals surface area (Å²) in [7, 11) is 1.62. The molecule has 3 aromatic rings. The van der Waals surface area contributed by atoms with Gasteiger partial charge in [-0.2, -0.15) is 0 Å². The number of likely N-dealkylation sites (tertiary alicyclic amines) is 1. The number of carbonyl (C=O) groups excluding carboxylic acids is 1. The molecule has 4 rings (SSSR count). The molecule has 6 heteroatoms. The molecule has 0 N–H and O–H groups in total. The Labute approximate surface area is 145 Å². The second kappa shape index (κ2) is 6.47. The molecule has 1 amide bonds. The zero-order valence-electron chi connectivity index (χ0n) is 13.8. The quantitative estimate of drug-likeness (QED) is 0.721. The maximum Gasteiger partial charge on any atom is 0.276 e. The first-order chi connectivity index (χ1) is 12.3. The molecule has 0 saturated carbocycles.